The number of carbonyl (C=O) groups excluding carboxylic acids is 2. The number of hydrogen-bond donors (Lipinski definition) is 1. The lowest BCUT2D eigenvalue weighted by molar-refractivity contribution is -0.183. The number of rotatable bonds is 0. The number of fused-ring (bicyclic) bond motifs is 5. The Labute approximate surface area is 132 Å². The van der Waals surface area contributed by atoms with Crippen molar-refractivity contribution in [2.45, 2.75) is 64.4 Å². The molecule has 3 fully saturated rings. The first kappa shape index (κ1) is 14.6. The lowest BCUT2D eigenvalue weighted by atomic mass is 9.45. The van der Waals surface area contributed by atoms with Crippen LogP contribution in [0.5, 0.6) is 0 Å². The lowest BCUT2D eigenvalue weighted by Crippen LogP contribution is -2.63. The van der Waals surface area contributed by atoms with Gasteiger partial charge in [-0.3, -0.25) is 9.59 Å². The summed E-state index contributed by atoms with van der Waals surface area (Å²) >= 11 is 0. The molecule has 3 nitrogen and oxygen atoms in total. The van der Waals surface area contributed by atoms with Crippen LogP contribution in [-0.2, 0) is 9.59 Å². The van der Waals surface area contributed by atoms with Gasteiger partial charge < -0.3 is 5.11 Å². The van der Waals surface area contributed by atoms with Gasteiger partial charge >= 0.3 is 0 Å². The molecule has 4 rings (SSSR count). The van der Waals surface area contributed by atoms with Gasteiger partial charge in [-0.1, -0.05) is 19.1 Å². The van der Waals surface area contributed by atoms with Crippen molar-refractivity contribution in [3.63, 3.8) is 0 Å². The summed E-state index contributed by atoms with van der Waals surface area (Å²) in [6, 6.07) is 0. The van der Waals surface area contributed by atoms with Crippen LogP contribution in [-0.4, -0.2) is 22.3 Å². The van der Waals surface area contributed by atoms with Crippen LogP contribution in [0.25, 0.3) is 0 Å². The Morgan fingerprint density at radius 1 is 1.05 bits per heavy atom. The average Bonchev–Trinajstić information content (AvgIpc) is 2.77. The Hall–Kier alpha value is -0.960. The maximum atomic E-state index is 12.3. The largest absolute Gasteiger partial charge is 0.385 e. The number of Topliss-reactive ketones (excluding diaryl/α,β-unsaturated/α-hetero) is 2. The van der Waals surface area contributed by atoms with E-state index in [2.05, 4.69) is 13.8 Å². The second-order valence-electron chi connectivity index (χ2n) is 8.55. The van der Waals surface area contributed by atoms with Gasteiger partial charge in [0.2, 0.25) is 0 Å². The van der Waals surface area contributed by atoms with Gasteiger partial charge in [0, 0.05) is 30.1 Å². The maximum absolute atomic E-state index is 12.3. The fraction of sp³-hybridized carbons (Fsp3) is 0.789. The highest BCUT2D eigenvalue weighted by atomic mass is 16.3. The molecule has 4 aliphatic rings. The monoisotopic (exact) mass is 302 g/mol. The molecule has 3 heteroatoms. The van der Waals surface area contributed by atoms with E-state index in [1.165, 1.54) is 0 Å². The molecule has 4 aliphatic carbocycles. The molecule has 0 unspecified atom stereocenters. The predicted molar refractivity (Wildman–Crippen MR) is 83.1 cm³/mol. The molecule has 0 amide bonds. The zero-order valence-electron chi connectivity index (χ0n) is 13.6. The molecule has 1 N–H and O–H groups in total. The topological polar surface area (TPSA) is 54.4 Å². The molecule has 22 heavy (non-hydrogen) atoms. The number of carbonyl (C=O) groups is 2. The van der Waals surface area contributed by atoms with Gasteiger partial charge in [0.05, 0.1) is 5.60 Å². The Bertz CT molecular complexity index is 579. The van der Waals surface area contributed by atoms with Crippen molar-refractivity contribution in [3.05, 3.63) is 12.2 Å². The summed E-state index contributed by atoms with van der Waals surface area (Å²) in [5.41, 5.74) is -1.43. The van der Waals surface area contributed by atoms with Crippen molar-refractivity contribution in [1.29, 1.82) is 0 Å². The third-order valence-electron chi connectivity index (χ3n) is 7.83. The molecule has 0 radical (unpaired) electrons. The fourth-order valence-electron chi connectivity index (χ4n) is 6.20. The number of aliphatic hydroxyl groups is 1. The Morgan fingerprint density at radius 2 is 1.82 bits per heavy atom. The van der Waals surface area contributed by atoms with Crippen molar-refractivity contribution in [2.75, 3.05) is 0 Å². The van der Waals surface area contributed by atoms with Gasteiger partial charge in [-0.2, -0.15) is 0 Å². The van der Waals surface area contributed by atoms with Crippen LogP contribution in [0.4, 0.5) is 0 Å². The van der Waals surface area contributed by atoms with Crippen LogP contribution < -0.4 is 0 Å². The number of hydrogen-bond acceptors (Lipinski definition) is 3. The van der Waals surface area contributed by atoms with E-state index in [0.717, 1.165) is 25.7 Å². The summed E-state index contributed by atoms with van der Waals surface area (Å²) in [6.07, 6.45) is 9.49. The highest BCUT2D eigenvalue weighted by Crippen LogP contribution is 2.64. The third kappa shape index (κ3) is 1.56. The molecule has 0 aromatic rings. The van der Waals surface area contributed by atoms with E-state index < -0.39 is 5.60 Å². The summed E-state index contributed by atoms with van der Waals surface area (Å²) in [5, 5.41) is 11.7. The maximum Gasteiger partial charge on any atom is 0.142 e. The van der Waals surface area contributed by atoms with E-state index in [1.807, 2.05) is 12.2 Å². The molecule has 0 heterocycles. The molecule has 120 valence electrons. The molecular weight excluding hydrogens is 276 g/mol. The highest BCUT2D eigenvalue weighted by Gasteiger charge is 2.65. The van der Waals surface area contributed by atoms with Crippen LogP contribution in [0.2, 0.25) is 0 Å². The number of ketones is 2. The zero-order chi connectivity index (χ0) is 15.8. The Kier molecular flexibility index (Phi) is 2.87. The minimum atomic E-state index is -0.842. The van der Waals surface area contributed by atoms with Crippen molar-refractivity contribution in [3.8, 4) is 0 Å². The van der Waals surface area contributed by atoms with Gasteiger partial charge in [0.1, 0.15) is 11.6 Å². The summed E-state index contributed by atoms with van der Waals surface area (Å²) < 4.78 is 0. The van der Waals surface area contributed by atoms with Gasteiger partial charge in [-0.15, -0.1) is 0 Å². The van der Waals surface area contributed by atoms with Crippen LogP contribution in [0, 0.1) is 28.6 Å². The van der Waals surface area contributed by atoms with Crippen LogP contribution in [0.15, 0.2) is 12.2 Å². The van der Waals surface area contributed by atoms with Crippen molar-refractivity contribution < 1.29 is 14.7 Å². The molecule has 3 saturated carbocycles. The van der Waals surface area contributed by atoms with Crippen molar-refractivity contribution >= 4 is 11.6 Å². The standard InChI is InChI=1S/C19H26O3/c1-17-9-10-19(22)15(14(17)5-6-16(17)21)4-3-12-11-13(20)7-8-18(12,19)2/h9-10,12,14-15,22H,3-8,11H2,1-2H3/t12-,14-,15-,17-,18-,19+/m0/s1. The normalized spacial score (nSPS) is 53.9. The molecular formula is C19H26O3. The van der Waals surface area contributed by atoms with E-state index in [4.69, 9.17) is 0 Å². The van der Waals surface area contributed by atoms with Gasteiger partial charge in [0.15, 0.2) is 0 Å². The van der Waals surface area contributed by atoms with E-state index in [9.17, 15) is 14.7 Å². The second kappa shape index (κ2) is 4.31. The highest BCUT2D eigenvalue weighted by molar-refractivity contribution is 5.89. The predicted octanol–water partition coefficient (Wildman–Crippen LogP) is 3.06. The minimum Gasteiger partial charge on any atom is -0.385 e. The summed E-state index contributed by atoms with van der Waals surface area (Å²) in [6.45, 7) is 4.24. The summed E-state index contributed by atoms with van der Waals surface area (Å²) in [5.74, 6) is 1.42. The molecule has 0 aromatic heterocycles. The minimum absolute atomic E-state index is 0.170. The smallest absolute Gasteiger partial charge is 0.142 e. The Morgan fingerprint density at radius 3 is 2.59 bits per heavy atom. The van der Waals surface area contributed by atoms with Gasteiger partial charge in [-0.25, -0.2) is 0 Å². The van der Waals surface area contributed by atoms with Crippen LogP contribution in [0.1, 0.15) is 58.8 Å². The summed E-state index contributed by atoms with van der Waals surface area (Å²) in [4.78, 5) is 24.2. The molecule has 0 bridgehead atoms. The van der Waals surface area contributed by atoms with Crippen LogP contribution >= 0.6 is 0 Å². The molecule has 0 aliphatic heterocycles. The van der Waals surface area contributed by atoms with Crippen molar-refractivity contribution in [2.24, 2.45) is 28.6 Å². The average molecular weight is 302 g/mol. The van der Waals surface area contributed by atoms with Gasteiger partial charge in [0.25, 0.3) is 0 Å². The fourth-order valence-corrected chi connectivity index (χ4v) is 6.20. The van der Waals surface area contributed by atoms with Crippen molar-refractivity contribution in [1.82, 2.24) is 0 Å². The van der Waals surface area contributed by atoms with E-state index in [-0.39, 0.29) is 22.7 Å². The van der Waals surface area contributed by atoms with E-state index in [1.54, 1.807) is 0 Å². The zero-order valence-corrected chi connectivity index (χ0v) is 13.6. The second-order valence-corrected chi connectivity index (χ2v) is 8.55. The molecule has 0 spiro atoms. The third-order valence-corrected chi connectivity index (χ3v) is 7.83. The van der Waals surface area contributed by atoms with Gasteiger partial charge in [-0.05, 0) is 50.4 Å². The van der Waals surface area contributed by atoms with E-state index >= 15 is 0 Å². The first-order valence-electron chi connectivity index (χ1n) is 8.79. The van der Waals surface area contributed by atoms with Crippen LogP contribution in [0.3, 0.4) is 0 Å². The quantitative estimate of drug-likeness (QED) is 0.700. The molecule has 0 saturated heterocycles. The number of allylic oxidation sites excluding steroid dienone is 1. The van der Waals surface area contributed by atoms with E-state index in [0.29, 0.717) is 36.7 Å². The lowest BCUT2D eigenvalue weighted by Gasteiger charge is -2.61. The molecule has 6 atom stereocenters. The first-order chi connectivity index (χ1) is 10.3. The molecule has 0 aromatic carbocycles. The SMILES string of the molecule is C[C@]12CCC(=O)C[C@@H]1CC[C@H]1[C@@H]3CCC(=O)[C@@]3(C)C=C[C@@]12O. The first-order valence-corrected chi connectivity index (χ1v) is 8.79. The summed E-state index contributed by atoms with van der Waals surface area (Å²) in [7, 11) is 0. The Balaban J connectivity index is 1.79.